The van der Waals surface area contributed by atoms with Gasteiger partial charge in [0.15, 0.2) is 0 Å². The molecular weight excluding hydrogens is 543 g/mol. The van der Waals surface area contributed by atoms with E-state index in [9.17, 15) is 14.9 Å². The molecule has 0 spiro atoms. The second-order valence-corrected chi connectivity index (χ2v) is 7.71. The van der Waals surface area contributed by atoms with Crippen LogP contribution in [0.4, 0.5) is 11.4 Å². The van der Waals surface area contributed by atoms with Crippen molar-refractivity contribution in [1.29, 1.82) is 0 Å². The number of halogens is 3. The number of hydrogen-bond donors (Lipinski definition) is 1. The lowest BCUT2D eigenvalue weighted by Gasteiger charge is -2.12. The van der Waals surface area contributed by atoms with E-state index >= 15 is 0 Å². The Kier molecular flexibility index (Phi) is 5.79. The largest absolute Gasteiger partial charge is 0.316 e. The summed E-state index contributed by atoms with van der Waals surface area (Å²) in [7, 11) is 0. The van der Waals surface area contributed by atoms with Crippen LogP contribution in [0.15, 0.2) is 33.2 Å². The molecule has 0 aliphatic heterocycles. The lowest BCUT2D eigenvalue weighted by molar-refractivity contribution is -0.384. The molecule has 23 heavy (non-hydrogen) atoms. The summed E-state index contributed by atoms with van der Waals surface area (Å²) in [6.45, 7) is 3.59. The third-order valence-electron chi connectivity index (χ3n) is 3.39. The first kappa shape index (κ1) is 18.3. The minimum absolute atomic E-state index is 0.120. The molecule has 0 atom stereocenters. The third kappa shape index (κ3) is 3.92. The number of aryl methyl sites for hydroxylation is 1. The average molecular weight is 554 g/mol. The zero-order chi connectivity index (χ0) is 17.3. The number of hydrogen-bond acceptors (Lipinski definition) is 3. The molecule has 1 amide bonds. The van der Waals surface area contributed by atoms with Gasteiger partial charge >= 0.3 is 0 Å². The van der Waals surface area contributed by atoms with E-state index in [1.165, 1.54) is 6.07 Å². The number of nitrogens with zero attached hydrogens (tertiary/aromatic N) is 1. The van der Waals surface area contributed by atoms with Crippen LogP contribution in [0.3, 0.4) is 0 Å². The number of nitrogens with one attached hydrogen (secondary N) is 1. The molecular formula is C15H11Br2IN2O3. The van der Waals surface area contributed by atoms with Crippen LogP contribution in [0.1, 0.15) is 21.5 Å². The van der Waals surface area contributed by atoms with Gasteiger partial charge in [-0.25, -0.2) is 0 Å². The van der Waals surface area contributed by atoms with Gasteiger partial charge in [-0.2, -0.15) is 0 Å². The number of benzene rings is 2. The maximum atomic E-state index is 12.6. The molecule has 0 fully saturated rings. The summed E-state index contributed by atoms with van der Waals surface area (Å²) in [6.07, 6.45) is 0. The van der Waals surface area contributed by atoms with E-state index in [4.69, 9.17) is 0 Å². The SMILES string of the molecule is Cc1ccc([N+](=O)[O-])c(NC(=O)c2cc(Br)cc(Br)c2I)c1C. The molecule has 0 heterocycles. The molecule has 0 bridgehead atoms. The zero-order valence-corrected chi connectivity index (χ0v) is 17.4. The molecule has 2 rings (SSSR count). The fraction of sp³-hybridized carbons (Fsp3) is 0.133. The van der Waals surface area contributed by atoms with Crippen molar-refractivity contribution in [1.82, 2.24) is 0 Å². The van der Waals surface area contributed by atoms with Crippen molar-refractivity contribution in [3.05, 3.63) is 63.6 Å². The van der Waals surface area contributed by atoms with Crippen LogP contribution < -0.4 is 5.32 Å². The summed E-state index contributed by atoms with van der Waals surface area (Å²) in [5.74, 6) is -0.395. The van der Waals surface area contributed by atoms with E-state index in [1.807, 2.05) is 13.0 Å². The van der Waals surface area contributed by atoms with E-state index in [-0.39, 0.29) is 11.4 Å². The molecule has 0 saturated carbocycles. The predicted octanol–water partition coefficient (Wildman–Crippen LogP) is 5.59. The number of rotatable bonds is 3. The molecule has 0 saturated heterocycles. The number of anilines is 1. The molecule has 1 N–H and O–H groups in total. The standard InChI is InChI=1S/C15H11Br2IN2O3/c1-7-3-4-12(20(22)23)14(8(7)2)19-15(21)10-5-9(16)6-11(17)13(10)18/h3-6H,1-2H3,(H,19,21). The quantitative estimate of drug-likeness (QED) is 0.233. The van der Waals surface area contributed by atoms with Crippen LogP contribution in [0, 0.1) is 27.5 Å². The van der Waals surface area contributed by atoms with Crippen molar-refractivity contribution >= 4 is 71.7 Å². The van der Waals surface area contributed by atoms with Crippen molar-refractivity contribution in [2.24, 2.45) is 0 Å². The Labute approximate surface area is 163 Å². The van der Waals surface area contributed by atoms with Crippen LogP contribution in [-0.4, -0.2) is 10.8 Å². The van der Waals surface area contributed by atoms with Crippen LogP contribution >= 0.6 is 54.5 Å². The Morgan fingerprint density at radius 2 is 1.91 bits per heavy atom. The van der Waals surface area contributed by atoms with Gasteiger partial charge < -0.3 is 5.32 Å². The van der Waals surface area contributed by atoms with E-state index in [0.717, 1.165) is 18.1 Å². The Morgan fingerprint density at radius 1 is 1.26 bits per heavy atom. The van der Waals surface area contributed by atoms with Crippen molar-refractivity contribution in [3.63, 3.8) is 0 Å². The number of nitro benzene ring substituents is 1. The van der Waals surface area contributed by atoms with E-state index < -0.39 is 10.8 Å². The molecule has 0 aromatic heterocycles. The number of carbonyl (C=O) groups excluding carboxylic acids is 1. The van der Waals surface area contributed by atoms with E-state index in [2.05, 4.69) is 59.8 Å². The molecule has 120 valence electrons. The number of nitro groups is 1. The minimum atomic E-state index is -0.496. The Bertz CT molecular complexity index is 825. The zero-order valence-electron chi connectivity index (χ0n) is 12.1. The summed E-state index contributed by atoms with van der Waals surface area (Å²) in [5.41, 5.74) is 2.09. The Balaban J connectivity index is 2.50. The summed E-state index contributed by atoms with van der Waals surface area (Å²) < 4.78 is 2.25. The first-order valence-corrected chi connectivity index (χ1v) is 9.09. The Morgan fingerprint density at radius 3 is 2.52 bits per heavy atom. The molecule has 2 aromatic rings. The van der Waals surface area contributed by atoms with Crippen molar-refractivity contribution in [2.45, 2.75) is 13.8 Å². The summed E-state index contributed by atoms with van der Waals surface area (Å²) >= 11 is 8.79. The lowest BCUT2D eigenvalue weighted by atomic mass is 10.1. The van der Waals surface area contributed by atoms with Gasteiger partial charge in [0, 0.05) is 18.6 Å². The van der Waals surface area contributed by atoms with Gasteiger partial charge in [0.1, 0.15) is 5.69 Å². The van der Waals surface area contributed by atoms with Gasteiger partial charge in [-0.15, -0.1) is 0 Å². The topological polar surface area (TPSA) is 72.2 Å². The van der Waals surface area contributed by atoms with Crippen LogP contribution in [0.25, 0.3) is 0 Å². The molecule has 0 radical (unpaired) electrons. The molecule has 0 unspecified atom stereocenters. The first-order valence-electron chi connectivity index (χ1n) is 6.43. The van der Waals surface area contributed by atoms with Crippen molar-refractivity contribution in [2.75, 3.05) is 5.32 Å². The molecule has 8 heteroatoms. The van der Waals surface area contributed by atoms with Crippen molar-refractivity contribution < 1.29 is 9.72 Å². The predicted molar refractivity (Wildman–Crippen MR) is 105 cm³/mol. The van der Waals surface area contributed by atoms with Crippen molar-refractivity contribution in [3.8, 4) is 0 Å². The van der Waals surface area contributed by atoms with Gasteiger partial charge in [0.25, 0.3) is 11.6 Å². The maximum Gasteiger partial charge on any atom is 0.293 e. The monoisotopic (exact) mass is 552 g/mol. The third-order valence-corrected chi connectivity index (χ3v) is 6.37. The highest BCUT2D eigenvalue weighted by molar-refractivity contribution is 14.1. The second-order valence-electron chi connectivity index (χ2n) is 4.86. The summed E-state index contributed by atoms with van der Waals surface area (Å²) in [5, 5.41) is 13.9. The average Bonchev–Trinajstić information content (AvgIpc) is 2.47. The molecule has 0 aliphatic rings. The molecule has 0 aliphatic carbocycles. The molecule has 2 aromatic carbocycles. The van der Waals surface area contributed by atoms with Gasteiger partial charge in [-0.05, 0) is 75.6 Å². The summed E-state index contributed by atoms with van der Waals surface area (Å²) in [6, 6.07) is 6.58. The Hall–Kier alpha value is -1.000. The van der Waals surface area contributed by atoms with E-state index in [1.54, 1.807) is 19.1 Å². The normalized spacial score (nSPS) is 10.5. The number of amides is 1. The second kappa shape index (κ2) is 7.27. The van der Waals surface area contributed by atoms with Crippen LogP contribution in [-0.2, 0) is 0 Å². The van der Waals surface area contributed by atoms with Gasteiger partial charge in [0.2, 0.25) is 0 Å². The highest BCUT2D eigenvalue weighted by Gasteiger charge is 2.21. The number of carbonyl (C=O) groups is 1. The molecule has 5 nitrogen and oxygen atoms in total. The van der Waals surface area contributed by atoms with Gasteiger partial charge in [-0.3, -0.25) is 14.9 Å². The van der Waals surface area contributed by atoms with Gasteiger partial charge in [-0.1, -0.05) is 22.0 Å². The van der Waals surface area contributed by atoms with Crippen LogP contribution in [0.5, 0.6) is 0 Å². The van der Waals surface area contributed by atoms with Gasteiger partial charge in [0.05, 0.1) is 10.5 Å². The summed E-state index contributed by atoms with van der Waals surface area (Å²) in [4.78, 5) is 23.3. The van der Waals surface area contributed by atoms with E-state index in [0.29, 0.717) is 11.1 Å². The first-order chi connectivity index (χ1) is 10.7. The minimum Gasteiger partial charge on any atom is -0.316 e. The lowest BCUT2D eigenvalue weighted by Crippen LogP contribution is -2.16. The van der Waals surface area contributed by atoms with Crippen LogP contribution in [0.2, 0.25) is 0 Å². The maximum absolute atomic E-state index is 12.6. The highest BCUT2D eigenvalue weighted by atomic mass is 127. The fourth-order valence-electron chi connectivity index (χ4n) is 2.01. The highest BCUT2D eigenvalue weighted by Crippen LogP contribution is 2.32. The fourth-order valence-corrected chi connectivity index (χ4v) is 3.80. The smallest absolute Gasteiger partial charge is 0.293 e.